The molecule has 10 heteroatoms. The molecule has 132 valence electrons. The van der Waals surface area contributed by atoms with E-state index in [4.69, 9.17) is 27.6 Å². The Kier molecular flexibility index (Phi) is 4.79. The van der Waals surface area contributed by atoms with Crippen LogP contribution in [0.15, 0.2) is 39.5 Å². The first-order valence-electron chi connectivity index (χ1n) is 7.06. The quantitative estimate of drug-likeness (QED) is 0.507. The summed E-state index contributed by atoms with van der Waals surface area (Å²) in [5.74, 6) is -0.127. The lowest BCUT2D eigenvalue weighted by Gasteiger charge is -2.00. The van der Waals surface area contributed by atoms with Gasteiger partial charge in [-0.25, -0.2) is 0 Å². The van der Waals surface area contributed by atoms with E-state index in [0.717, 1.165) is 0 Å². The minimum atomic E-state index is -1.06. The number of H-pyrrole nitrogens is 1. The van der Waals surface area contributed by atoms with Crippen molar-refractivity contribution in [2.24, 2.45) is 0 Å². The average molecular weight is 394 g/mol. The first-order valence-corrected chi connectivity index (χ1v) is 7.82. The Hall–Kier alpha value is -3.10. The molecular formula is C16H9Cl2N3O5. The fourth-order valence-electron chi connectivity index (χ4n) is 2.15. The Labute approximate surface area is 155 Å². The van der Waals surface area contributed by atoms with Crippen molar-refractivity contribution in [1.29, 1.82) is 0 Å². The fraction of sp³-hybridized carbons (Fsp3) is 0. The van der Waals surface area contributed by atoms with Crippen LogP contribution in [0.5, 0.6) is 5.88 Å². The monoisotopic (exact) mass is 393 g/mol. The van der Waals surface area contributed by atoms with Crippen LogP contribution < -0.4 is 5.56 Å². The van der Waals surface area contributed by atoms with E-state index in [-0.39, 0.29) is 5.82 Å². The van der Waals surface area contributed by atoms with E-state index in [1.54, 1.807) is 30.3 Å². The van der Waals surface area contributed by atoms with E-state index in [9.17, 15) is 20.0 Å². The van der Waals surface area contributed by atoms with Gasteiger partial charge in [0.2, 0.25) is 0 Å². The first-order chi connectivity index (χ1) is 12.3. The molecule has 0 atom stereocenters. The number of benzene rings is 1. The van der Waals surface area contributed by atoms with Gasteiger partial charge in [-0.15, -0.1) is 0 Å². The molecule has 3 rings (SSSR count). The summed E-state index contributed by atoms with van der Waals surface area (Å²) in [6.45, 7) is 0. The highest BCUT2D eigenvalue weighted by Crippen LogP contribution is 2.31. The van der Waals surface area contributed by atoms with Gasteiger partial charge in [0.1, 0.15) is 17.3 Å². The molecule has 26 heavy (non-hydrogen) atoms. The van der Waals surface area contributed by atoms with Crippen molar-refractivity contribution in [3.8, 4) is 17.2 Å². The molecule has 2 heterocycles. The van der Waals surface area contributed by atoms with Gasteiger partial charge >= 0.3 is 11.2 Å². The molecule has 0 spiro atoms. The van der Waals surface area contributed by atoms with Crippen LogP contribution in [-0.4, -0.2) is 20.0 Å². The molecule has 3 aromatic rings. The normalized spacial score (nSPS) is 11.2. The molecule has 1 aromatic carbocycles. The van der Waals surface area contributed by atoms with Crippen LogP contribution in [0.25, 0.3) is 23.5 Å². The second kappa shape index (κ2) is 7.03. The number of furan rings is 1. The van der Waals surface area contributed by atoms with Gasteiger partial charge in [0.25, 0.3) is 5.88 Å². The summed E-state index contributed by atoms with van der Waals surface area (Å²) in [5, 5.41) is 21.1. The number of nitrogens with zero attached hydrogens (tertiary/aromatic N) is 2. The number of nitrogens with one attached hydrogen (secondary N) is 1. The van der Waals surface area contributed by atoms with Crippen molar-refractivity contribution in [3.05, 3.63) is 72.4 Å². The van der Waals surface area contributed by atoms with E-state index < -0.39 is 22.0 Å². The molecule has 0 fully saturated rings. The van der Waals surface area contributed by atoms with Crippen molar-refractivity contribution in [2.75, 3.05) is 0 Å². The molecule has 0 radical (unpaired) electrons. The first kappa shape index (κ1) is 17.7. The zero-order valence-corrected chi connectivity index (χ0v) is 14.3. The SMILES string of the molecule is O=c1[nH]c(/C=C/c2ccc(-c3ccc(Cl)cc3Cl)o2)nc(O)c1[N+](=O)[O-]. The summed E-state index contributed by atoms with van der Waals surface area (Å²) >= 11 is 12.0. The standard InChI is InChI=1S/C16H9Cl2N3O5/c17-8-1-4-10(11(18)7-8)12-5-2-9(26-12)3-6-13-19-15(22)14(21(24)25)16(23)20-13/h1-7H,(H2,19,20,22,23)/b6-3+. The predicted octanol–water partition coefficient (Wildman–Crippen LogP) is 4.12. The Morgan fingerprint density at radius 2 is 2.00 bits per heavy atom. The molecule has 0 saturated carbocycles. The molecule has 8 nitrogen and oxygen atoms in total. The molecule has 0 aliphatic heterocycles. The molecule has 0 amide bonds. The number of hydrogen-bond donors (Lipinski definition) is 2. The number of rotatable bonds is 4. The maximum absolute atomic E-state index is 11.6. The third-order valence-corrected chi connectivity index (χ3v) is 3.85. The third kappa shape index (κ3) is 3.61. The van der Waals surface area contributed by atoms with Gasteiger partial charge in [-0.1, -0.05) is 23.2 Å². The van der Waals surface area contributed by atoms with E-state index in [1.165, 1.54) is 12.2 Å². The second-order valence-electron chi connectivity index (χ2n) is 5.04. The van der Waals surface area contributed by atoms with Crippen molar-refractivity contribution in [2.45, 2.75) is 0 Å². The van der Waals surface area contributed by atoms with Crippen LogP contribution in [0.1, 0.15) is 11.6 Å². The maximum atomic E-state index is 11.6. The Balaban J connectivity index is 1.88. The summed E-state index contributed by atoms with van der Waals surface area (Å²) in [6.07, 6.45) is 2.80. The molecule has 0 aliphatic carbocycles. The lowest BCUT2D eigenvalue weighted by molar-refractivity contribution is -0.387. The summed E-state index contributed by atoms with van der Waals surface area (Å²) in [4.78, 5) is 27.0. The van der Waals surface area contributed by atoms with Gasteiger partial charge < -0.3 is 14.5 Å². The van der Waals surface area contributed by atoms with Crippen molar-refractivity contribution < 1.29 is 14.4 Å². The maximum Gasteiger partial charge on any atom is 0.395 e. The van der Waals surface area contributed by atoms with Crippen LogP contribution in [-0.2, 0) is 0 Å². The molecule has 0 saturated heterocycles. The van der Waals surface area contributed by atoms with E-state index in [2.05, 4.69) is 9.97 Å². The van der Waals surface area contributed by atoms with Crippen LogP contribution in [0.3, 0.4) is 0 Å². The van der Waals surface area contributed by atoms with Gasteiger partial charge in [0, 0.05) is 10.6 Å². The van der Waals surface area contributed by atoms with Crippen LogP contribution in [0.2, 0.25) is 10.0 Å². The van der Waals surface area contributed by atoms with E-state index in [0.29, 0.717) is 27.1 Å². The number of aromatic nitrogens is 2. The van der Waals surface area contributed by atoms with Gasteiger partial charge in [-0.3, -0.25) is 14.9 Å². The Bertz CT molecular complexity index is 1090. The Morgan fingerprint density at radius 3 is 2.65 bits per heavy atom. The smallest absolute Gasteiger partial charge is 0.395 e. The lowest BCUT2D eigenvalue weighted by Crippen LogP contribution is -2.14. The number of aromatic amines is 1. The largest absolute Gasteiger partial charge is 0.488 e. The summed E-state index contributed by atoms with van der Waals surface area (Å²) < 4.78 is 5.63. The molecular weight excluding hydrogens is 385 g/mol. The van der Waals surface area contributed by atoms with Gasteiger partial charge in [-0.05, 0) is 42.5 Å². The number of halogens is 2. The highest BCUT2D eigenvalue weighted by molar-refractivity contribution is 6.36. The van der Waals surface area contributed by atoms with Gasteiger partial charge in [-0.2, -0.15) is 4.98 Å². The lowest BCUT2D eigenvalue weighted by atomic mass is 10.2. The van der Waals surface area contributed by atoms with Crippen molar-refractivity contribution in [3.63, 3.8) is 0 Å². The van der Waals surface area contributed by atoms with Gasteiger partial charge in [0.05, 0.1) is 9.95 Å². The molecule has 0 unspecified atom stereocenters. The number of aromatic hydroxyl groups is 1. The minimum Gasteiger partial charge on any atom is -0.488 e. The summed E-state index contributed by atoms with van der Waals surface area (Å²) in [6, 6.07) is 8.32. The van der Waals surface area contributed by atoms with Crippen molar-refractivity contribution >= 4 is 41.0 Å². The topological polar surface area (TPSA) is 122 Å². The number of nitro groups is 1. The number of hydrogen-bond acceptors (Lipinski definition) is 6. The molecule has 0 bridgehead atoms. The average Bonchev–Trinajstić information content (AvgIpc) is 3.00. The van der Waals surface area contributed by atoms with Crippen LogP contribution in [0, 0.1) is 10.1 Å². The third-order valence-electron chi connectivity index (χ3n) is 3.31. The zero-order chi connectivity index (χ0) is 18.8. The molecule has 2 N–H and O–H groups in total. The van der Waals surface area contributed by atoms with Crippen molar-refractivity contribution in [1.82, 2.24) is 9.97 Å². The zero-order valence-electron chi connectivity index (χ0n) is 12.8. The highest BCUT2D eigenvalue weighted by atomic mass is 35.5. The summed E-state index contributed by atoms with van der Waals surface area (Å²) in [7, 11) is 0. The fourth-order valence-corrected chi connectivity index (χ4v) is 2.65. The highest BCUT2D eigenvalue weighted by Gasteiger charge is 2.21. The predicted molar refractivity (Wildman–Crippen MR) is 96.3 cm³/mol. The van der Waals surface area contributed by atoms with Gasteiger partial charge in [0.15, 0.2) is 0 Å². The molecule has 2 aromatic heterocycles. The summed E-state index contributed by atoms with van der Waals surface area (Å²) in [5.41, 5.74) is -1.43. The molecule has 0 aliphatic rings. The van der Waals surface area contributed by atoms with E-state index >= 15 is 0 Å². The second-order valence-corrected chi connectivity index (χ2v) is 5.88. The van der Waals surface area contributed by atoms with Crippen LogP contribution in [0.4, 0.5) is 5.69 Å². The minimum absolute atomic E-state index is 0.0689. The Morgan fingerprint density at radius 1 is 1.23 bits per heavy atom. The van der Waals surface area contributed by atoms with Crippen LogP contribution >= 0.6 is 23.2 Å². The van der Waals surface area contributed by atoms with E-state index in [1.807, 2.05) is 0 Å².